The second-order valence-corrected chi connectivity index (χ2v) is 4.02. The molecule has 0 fully saturated rings. The van der Waals surface area contributed by atoms with Crippen molar-refractivity contribution >= 4 is 16.7 Å². The van der Waals surface area contributed by atoms with Crippen LogP contribution in [0.2, 0.25) is 0 Å². The van der Waals surface area contributed by atoms with Crippen molar-refractivity contribution in [1.82, 2.24) is 15.2 Å². The molecule has 0 aliphatic heterocycles. The number of ketones is 1. The average molecular weight is 225 g/mol. The molecule has 2 aromatic heterocycles. The van der Waals surface area contributed by atoms with Crippen LogP contribution in [0.5, 0.6) is 0 Å². The third kappa shape index (κ3) is 1.45. The van der Waals surface area contributed by atoms with Gasteiger partial charge in [-0.05, 0) is 18.6 Å². The number of rotatable bonds is 2. The van der Waals surface area contributed by atoms with Crippen molar-refractivity contribution < 1.29 is 4.79 Å². The van der Waals surface area contributed by atoms with Crippen LogP contribution in [0.4, 0.5) is 0 Å². The number of hydrogen-bond acceptors (Lipinski definition) is 2. The van der Waals surface area contributed by atoms with Crippen molar-refractivity contribution in [3.8, 4) is 0 Å². The second kappa shape index (κ2) is 3.59. The van der Waals surface area contributed by atoms with E-state index in [0.717, 1.165) is 16.5 Å². The van der Waals surface area contributed by atoms with Crippen LogP contribution in [-0.4, -0.2) is 21.0 Å². The van der Waals surface area contributed by atoms with E-state index in [1.807, 2.05) is 25.1 Å². The zero-order valence-electron chi connectivity index (χ0n) is 9.32. The zero-order chi connectivity index (χ0) is 11.8. The quantitative estimate of drug-likeness (QED) is 0.658. The first-order valence-electron chi connectivity index (χ1n) is 5.37. The van der Waals surface area contributed by atoms with Gasteiger partial charge in [0.2, 0.25) is 0 Å². The van der Waals surface area contributed by atoms with Gasteiger partial charge in [0.25, 0.3) is 0 Å². The number of nitrogens with zero attached hydrogens (tertiary/aromatic N) is 1. The maximum Gasteiger partial charge on any atom is 0.198 e. The number of fused-ring (bicyclic) bond motifs is 1. The number of aryl methyl sites for hydroxylation is 1. The number of benzene rings is 1. The fourth-order valence-electron chi connectivity index (χ4n) is 2.08. The van der Waals surface area contributed by atoms with Crippen molar-refractivity contribution in [3.63, 3.8) is 0 Å². The predicted molar refractivity (Wildman–Crippen MR) is 65.1 cm³/mol. The number of aromatic nitrogens is 3. The van der Waals surface area contributed by atoms with Crippen molar-refractivity contribution in [2.24, 2.45) is 0 Å². The Morgan fingerprint density at radius 1 is 1.29 bits per heavy atom. The van der Waals surface area contributed by atoms with E-state index in [2.05, 4.69) is 15.2 Å². The summed E-state index contributed by atoms with van der Waals surface area (Å²) in [5, 5.41) is 7.44. The molecule has 1 aromatic carbocycles. The SMILES string of the molecule is Cc1cccc2[nH]cc(C(=O)c3cn[nH]c3)c12. The van der Waals surface area contributed by atoms with Crippen LogP contribution in [-0.2, 0) is 0 Å². The fraction of sp³-hybridized carbons (Fsp3) is 0.0769. The second-order valence-electron chi connectivity index (χ2n) is 4.02. The fourth-order valence-corrected chi connectivity index (χ4v) is 2.08. The van der Waals surface area contributed by atoms with Crippen molar-refractivity contribution in [2.75, 3.05) is 0 Å². The normalized spacial score (nSPS) is 10.9. The minimum absolute atomic E-state index is 0.0145. The van der Waals surface area contributed by atoms with Gasteiger partial charge in [-0.3, -0.25) is 9.89 Å². The highest BCUT2D eigenvalue weighted by molar-refractivity contribution is 6.16. The Morgan fingerprint density at radius 3 is 2.94 bits per heavy atom. The van der Waals surface area contributed by atoms with Crippen LogP contribution in [0, 0.1) is 6.92 Å². The minimum Gasteiger partial charge on any atom is -0.360 e. The van der Waals surface area contributed by atoms with Gasteiger partial charge in [0.15, 0.2) is 5.78 Å². The maximum absolute atomic E-state index is 12.3. The number of aromatic amines is 2. The summed E-state index contributed by atoms with van der Waals surface area (Å²) in [6.45, 7) is 2.00. The Kier molecular flexibility index (Phi) is 2.08. The molecule has 3 rings (SSSR count). The van der Waals surface area contributed by atoms with Gasteiger partial charge >= 0.3 is 0 Å². The Morgan fingerprint density at radius 2 is 2.18 bits per heavy atom. The molecule has 0 unspecified atom stereocenters. The summed E-state index contributed by atoms with van der Waals surface area (Å²) in [6.07, 6.45) is 4.91. The van der Waals surface area contributed by atoms with E-state index in [-0.39, 0.29) is 5.78 Å². The van der Waals surface area contributed by atoms with Crippen LogP contribution >= 0.6 is 0 Å². The van der Waals surface area contributed by atoms with Crippen molar-refractivity contribution in [1.29, 1.82) is 0 Å². The summed E-state index contributed by atoms with van der Waals surface area (Å²) < 4.78 is 0. The van der Waals surface area contributed by atoms with E-state index in [4.69, 9.17) is 0 Å². The van der Waals surface area contributed by atoms with Crippen LogP contribution in [0.3, 0.4) is 0 Å². The molecule has 0 aliphatic carbocycles. The molecule has 4 nitrogen and oxygen atoms in total. The molecule has 0 aliphatic rings. The first kappa shape index (κ1) is 9.84. The van der Waals surface area contributed by atoms with Gasteiger partial charge < -0.3 is 4.98 Å². The molecule has 0 atom stereocenters. The van der Waals surface area contributed by atoms with Gasteiger partial charge in [0, 0.05) is 28.9 Å². The Labute approximate surface area is 97.7 Å². The number of carbonyl (C=O) groups excluding carboxylic acids is 1. The van der Waals surface area contributed by atoms with E-state index in [1.165, 1.54) is 0 Å². The smallest absolute Gasteiger partial charge is 0.198 e. The monoisotopic (exact) mass is 225 g/mol. The predicted octanol–water partition coefficient (Wildman–Crippen LogP) is 2.43. The van der Waals surface area contributed by atoms with E-state index < -0.39 is 0 Å². The molecular weight excluding hydrogens is 214 g/mol. The van der Waals surface area contributed by atoms with E-state index in [9.17, 15) is 4.79 Å². The summed E-state index contributed by atoms with van der Waals surface area (Å²) >= 11 is 0. The highest BCUT2D eigenvalue weighted by Gasteiger charge is 2.15. The molecule has 0 saturated carbocycles. The summed E-state index contributed by atoms with van der Waals surface area (Å²) in [5.74, 6) is -0.0145. The molecule has 0 radical (unpaired) electrons. The first-order chi connectivity index (χ1) is 8.27. The van der Waals surface area contributed by atoms with E-state index >= 15 is 0 Å². The van der Waals surface area contributed by atoms with Gasteiger partial charge in [0.1, 0.15) is 0 Å². The van der Waals surface area contributed by atoms with Gasteiger partial charge in [-0.1, -0.05) is 12.1 Å². The molecule has 2 N–H and O–H groups in total. The molecule has 4 heteroatoms. The third-order valence-corrected chi connectivity index (χ3v) is 2.92. The summed E-state index contributed by atoms with van der Waals surface area (Å²) in [7, 11) is 0. The molecule has 0 spiro atoms. The van der Waals surface area contributed by atoms with Gasteiger partial charge in [-0.25, -0.2) is 0 Å². The van der Waals surface area contributed by atoms with Gasteiger partial charge in [-0.2, -0.15) is 5.10 Å². The summed E-state index contributed by atoms with van der Waals surface area (Å²) in [6, 6.07) is 5.94. The summed E-state index contributed by atoms with van der Waals surface area (Å²) in [4.78, 5) is 15.4. The van der Waals surface area contributed by atoms with Gasteiger partial charge in [0.05, 0.1) is 11.8 Å². The van der Waals surface area contributed by atoms with Gasteiger partial charge in [-0.15, -0.1) is 0 Å². The maximum atomic E-state index is 12.3. The molecule has 84 valence electrons. The first-order valence-corrected chi connectivity index (χ1v) is 5.37. The topological polar surface area (TPSA) is 61.5 Å². The van der Waals surface area contributed by atoms with Crippen molar-refractivity contribution in [2.45, 2.75) is 6.92 Å². The van der Waals surface area contributed by atoms with Crippen LogP contribution in [0.15, 0.2) is 36.8 Å². The number of hydrogen-bond donors (Lipinski definition) is 2. The Balaban J connectivity index is 2.22. The van der Waals surface area contributed by atoms with Crippen LogP contribution in [0.1, 0.15) is 21.5 Å². The van der Waals surface area contributed by atoms with E-state index in [1.54, 1.807) is 18.6 Å². The molecule has 3 aromatic rings. The lowest BCUT2D eigenvalue weighted by atomic mass is 10.0. The van der Waals surface area contributed by atoms with E-state index in [0.29, 0.717) is 11.1 Å². The largest absolute Gasteiger partial charge is 0.360 e. The average Bonchev–Trinajstić information content (AvgIpc) is 2.98. The molecule has 2 heterocycles. The highest BCUT2D eigenvalue weighted by atomic mass is 16.1. The molecule has 0 saturated heterocycles. The lowest BCUT2D eigenvalue weighted by Crippen LogP contribution is -1.98. The third-order valence-electron chi connectivity index (χ3n) is 2.92. The highest BCUT2D eigenvalue weighted by Crippen LogP contribution is 2.23. The molecule has 17 heavy (non-hydrogen) atoms. The molecular formula is C13H11N3O. The standard InChI is InChI=1S/C13H11N3O/c1-8-3-2-4-11-12(8)10(7-14-11)13(17)9-5-15-16-6-9/h2-7,14H,1H3,(H,15,16). The Hall–Kier alpha value is -2.36. The number of nitrogens with one attached hydrogen (secondary N) is 2. The molecule has 0 amide bonds. The number of carbonyl (C=O) groups is 1. The Bertz CT molecular complexity index is 680. The lowest BCUT2D eigenvalue weighted by molar-refractivity contribution is 0.104. The summed E-state index contributed by atoms with van der Waals surface area (Å²) in [5.41, 5.74) is 3.35. The van der Waals surface area contributed by atoms with Crippen molar-refractivity contribution in [3.05, 3.63) is 53.5 Å². The number of H-pyrrole nitrogens is 2. The molecule has 0 bridgehead atoms. The van der Waals surface area contributed by atoms with Crippen LogP contribution in [0.25, 0.3) is 10.9 Å². The lowest BCUT2D eigenvalue weighted by Gasteiger charge is -1.99. The minimum atomic E-state index is -0.0145. The zero-order valence-corrected chi connectivity index (χ0v) is 9.32. The van der Waals surface area contributed by atoms with Crippen LogP contribution < -0.4 is 0 Å².